The summed E-state index contributed by atoms with van der Waals surface area (Å²) in [6.45, 7) is 15.2. The quantitative estimate of drug-likeness (QED) is 0.605. The number of aryl methyl sites for hydroxylation is 2. The molecule has 3 saturated heterocycles. The summed E-state index contributed by atoms with van der Waals surface area (Å²) in [5.41, 5.74) is 4.07. The number of nitrogens with one attached hydrogen (secondary N) is 2. The van der Waals surface area contributed by atoms with Gasteiger partial charge in [-0.25, -0.2) is 0 Å². The Morgan fingerprint density at radius 2 is 1.80 bits per heavy atom. The number of hydrogen-bond donors (Lipinski definition) is 2. The van der Waals surface area contributed by atoms with E-state index in [2.05, 4.69) is 59.4 Å². The van der Waals surface area contributed by atoms with Gasteiger partial charge in [-0.2, -0.15) is 0 Å². The van der Waals surface area contributed by atoms with Crippen LogP contribution < -0.4 is 10.6 Å². The van der Waals surface area contributed by atoms with Gasteiger partial charge < -0.3 is 10.6 Å². The van der Waals surface area contributed by atoms with Crippen molar-refractivity contribution in [2.24, 2.45) is 4.99 Å². The first kappa shape index (κ1) is 18.2. The summed E-state index contributed by atoms with van der Waals surface area (Å²) in [4.78, 5) is 10.0. The second-order valence-electron chi connectivity index (χ2n) is 7.38. The minimum absolute atomic E-state index is 0.581. The zero-order valence-corrected chi connectivity index (χ0v) is 16.0. The summed E-state index contributed by atoms with van der Waals surface area (Å²) >= 11 is 0. The number of guanidine groups is 1. The standard InChI is InChI=1S/C20H33N5/c1-4-21-20(22-6-5-18-12-16(2)11-17(3)13-18)23-14-19-15-24-7-9-25(19)10-8-24/h11-13,19H,4-10,14-15H2,1-3H3,(H2,21,22,23). The average Bonchev–Trinajstić information content (AvgIpc) is 2.60. The van der Waals surface area contributed by atoms with Crippen molar-refractivity contribution < 1.29 is 0 Å². The predicted molar refractivity (Wildman–Crippen MR) is 105 cm³/mol. The highest BCUT2D eigenvalue weighted by Gasteiger charge is 2.31. The number of aliphatic imine (C=N–C) groups is 1. The molecule has 3 aliphatic heterocycles. The third-order valence-electron chi connectivity index (χ3n) is 5.18. The van der Waals surface area contributed by atoms with Gasteiger partial charge >= 0.3 is 0 Å². The van der Waals surface area contributed by atoms with Crippen molar-refractivity contribution >= 4 is 5.96 Å². The molecule has 2 bridgehead atoms. The van der Waals surface area contributed by atoms with Crippen LogP contribution in [-0.2, 0) is 6.42 Å². The van der Waals surface area contributed by atoms with E-state index in [1.54, 1.807) is 0 Å². The molecule has 5 nitrogen and oxygen atoms in total. The van der Waals surface area contributed by atoms with Gasteiger partial charge in [-0.1, -0.05) is 29.3 Å². The van der Waals surface area contributed by atoms with Crippen LogP contribution in [0.5, 0.6) is 0 Å². The van der Waals surface area contributed by atoms with Crippen LogP contribution in [0, 0.1) is 13.8 Å². The van der Waals surface area contributed by atoms with E-state index in [1.165, 1.54) is 49.4 Å². The highest BCUT2D eigenvalue weighted by molar-refractivity contribution is 5.79. The molecule has 5 heteroatoms. The number of rotatable bonds is 6. The molecule has 1 aromatic carbocycles. The molecule has 3 fully saturated rings. The van der Waals surface area contributed by atoms with Crippen molar-refractivity contribution in [2.75, 3.05) is 52.4 Å². The van der Waals surface area contributed by atoms with Crippen LogP contribution >= 0.6 is 0 Å². The zero-order chi connectivity index (χ0) is 17.6. The second-order valence-corrected chi connectivity index (χ2v) is 7.38. The maximum Gasteiger partial charge on any atom is 0.191 e. The number of hydrogen-bond acceptors (Lipinski definition) is 3. The molecule has 3 heterocycles. The van der Waals surface area contributed by atoms with E-state index in [-0.39, 0.29) is 0 Å². The monoisotopic (exact) mass is 343 g/mol. The lowest BCUT2D eigenvalue weighted by molar-refractivity contribution is 0.0174. The summed E-state index contributed by atoms with van der Waals surface area (Å²) < 4.78 is 0. The minimum Gasteiger partial charge on any atom is -0.357 e. The molecule has 1 aromatic rings. The molecule has 3 aliphatic rings. The van der Waals surface area contributed by atoms with Crippen LogP contribution in [0.15, 0.2) is 23.2 Å². The maximum atomic E-state index is 4.85. The van der Waals surface area contributed by atoms with E-state index in [0.717, 1.165) is 32.0 Å². The van der Waals surface area contributed by atoms with Gasteiger partial charge in [0.15, 0.2) is 5.96 Å². The van der Waals surface area contributed by atoms with Gasteiger partial charge in [-0.15, -0.1) is 0 Å². The SMILES string of the molecule is CCNC(=NCC1CN2CCN1CC2)NCCc1cc(C)cc(C)c1. The lowest BCUT2D eigenvalue weighted by Crippen LogP contribution is -2.62. The Balaban J connectivity index is 1.50. The Kier molecular flexibility index (Phi) is 6.32. The first-order chi connectivity index (χ1) is 12.1. The molecule has 0 aromatic heterocycles. The number of nitrogens with zero attached hydrogens (tertiary/aromatic N) is 3. The molecule has 0 spiro atoms. The summed E-state index contributed by atoms with van der Waals surface area (Å²) in [5.74, 6) is 0.949. The molecule has 25 heavy (non-hydrogen) atoms. The Labute approximate surface area is 152 Å². The highest BCUT2D eigenvalue weighted by atomic mass is 15.3. The smallest absolute Gasteiger partial charge is 0.191 e. The van der Waals surface area contributed by atoms with Crippen LogP contribution in [0.4, 0.5) is 0 Å². The predicted octanol–water partition coefficient (Wildman–Crippen LogP) is 1.40. The van der Waals surface area contributed by atoms with Crippen LogP contribution in [0.1, 0.15) is 23.6 Å². The fraction of sp³-hybridized carbons (Fsp3) is 0.650. The molecule has 138 valence electrons. The first-order valence-corrected chi connectivity index (χ1v) is 9.70. The molecule has 2 N–H and O–H groups in total. The van der Waals surface area contributed by atoms with Crippen molar-refractivity contribution in [1.29, 1.82) is 0 Å². The van der Waals surface area contributed by atoms with Crippen molar-refractivity contribution in [3.05, 3.63) is 34.9 Å². The third kappa shape index (κ3) is 5.19. The normalized spacial score (nSPS) is 25.9. The minimum atomic E-state index is 0.581. The second kappa shape index (κ2) is 8.68. The maximum absolute atomic E-state index is 4.85. The van der Waals surface area contributed by atoms with E-state index >= 15 is 0 Å². The van der Waals surface area contributed by atoms with Gasteiger partial charge in [0, 0.05) is 51.9 Å². The molecule has 1 atom stereocenters. The lowest BCUT2D eigenvalue weighted by Gasteiger charge is -2.47. The third-order valence-corrected chi connectivity index (χ3v) is 5.18. The Morgan fingerprint density at radius 1 is 1.08 bits per heavy atom. The largest absolute Gasteiger partial charge is 0.357 e. The molecule has 1 unspecified atom stereocenters. The summed E-state index contributed by atoms with van der Waals surface area (Å²) in [6.07, 6.45) is 1.02. The topological polar surface area (TPSA) is 42.9 Å². The lowest BCUT2D eigenvalue weighted by atomic mass is 10.1. The summed E-state index contributed by atoms with van der Waals surface area (Å²) in [6, 6.07) is 7.36. The van der Waals surface area contributed by atoms with Gasteiger partial charge in [-0.05, 0) is 32.8 Å². The molecule has 0 radical (unpaired) electrons. The Morgan fingerprint density at radius 3 is 2.40 bits per heavy atom. The van der Waals surface area contributed by atoms with Gasteiger partial charge in [0.25, 0.3) is 0 Å². The highest BCUT2D eigenvalue weighted by Crippen LogP contribution is 2.15. The fourth-order valence-electron chi connectivity index (χ4n) is 3.97. The van der Waals surface area contributed by atoms with E-state index in [1.807, 2.05) is 0 Å². The van der Waals surface area contributed by atoms with E-state index in [9.17, 15) is 0 Å². The van der Waals surface area contributed by atoms with E-state index in [4.69, 9.17) is 4.99 Å². The van der Waals surface area contributed by atoms with Gasteiger partial charge in [-0.3, -0.25) is 14.8 Å². The van der Waals surface area contributed by atoms with Crippen molar-refractivity contribution in [2.45, 2.75) is 33.2 Å². The van der Waals surface area contributed by atoms with E-state index < -0.39 is 0 Å². The molecular formula is C20H33N5. The van der Waals surface area contributed by atoms with Gasteiger partial charge in [0.1, 0.15) is 0 Å². The first-order valence-electron chi connectivity index (χ1n) is 9.70. The van der Waals surface area contributed by atoms with Gasteiger partial charge in [0.2, 0.25) is 0 Å². The molecule has 4 rings (SSSR count). The number of benzene rings is 1. The van der Waals surface area contributed by atoms with Crippen LogP contribution in [0.25, 0.3) is 0 Å². The van der Waals surface area contributed by atoms with Crippen molar-refractivity contribution in [3.63, 3.8) is 0 Å². The van der Waals surface area contributed by atoms with E-state index in [0.29, 0.717) is 6.04 Å². The molecule has 0 saturated carbocycles. The summed E-state index contributed by atoms with van der Waals surface area (Å²) in [5, 5.41) is 6.88. The van der Waals surface area contributed by atoms with Crippen LogP contribution in [0.3, 0.4) is 0 Å². The van der Waals surface area contributed by atoms with Crippen molar-refractivity contribution in [3.8, 4) is 0 Å². The van der Waals surface area contributed by atoms with Crippen LogP contribution in [0.2, 0.25) is 0 Å². The number of fused-ring (bicyclic) bond motifs is 3. The summed E-state index contributed by atoms with van der Waals surface area (Å²) in [7, 11) is 0. The van der Waals surface area contributed by atoms with Crippen molar-refractivity contribution in [1.82, 2.24) is 20.4 Å². The fourth-order valence-corrected chi connectivity index (χ4v) is 3.97. The Hall–Kier alpha value is -1.59. The van der Waals surface area contributed by atoms with Gasteiger partial charge in [0.05, 0.1) is 6.54 Å². The average molecular weight is 344 g/mol. The Bertz CT molecular complexity index is 569. The molecular weight excluding hydrogens is 310 g/mol. The molecule has 0 amide bonds. The molecule has 0 aliphatic carbocycles. The zero-order valence-electron chi connectivity index (χ0n) is 16.0. The van der Waals surface area contributed by atoms with Crippen LogP contribution in [-0.4, -0.2) is 74.2 Å². The number of piperazine rings is 3.